The van der Waals surface area contributed by atoms with E-state index in [0.717, 1.165) is 29.5 Å². The number of hydrogen-bond donors (Lipinski definition) is 2. The van der Waals surface area contributed by atoms with E-state index in [1.807, 2.05) is 0 Å². The second-order valence-corrected chi connectivity index (χ2v) is 8.18. The highest BCUT2D eigenvalue weighted by Gasteiger charge is 2.35. The average molecular weight is 436 g/mol. The minimum atomic E-state index is -0.979. The Kier molecular flexibility index (Phi) is 5.42. The van der Waals surface area contributed by atoms with Crippen LogP contribution in [-0.2, 0) is 0 Å². The highest BCUT2D eigenvalue weighted by atomic mass is 32.1. The summed E-state index contributed by atoms with van der Waals surface area (Å²) < 4.78 is 53.7. The molecule has 0 bridgehead atoms. The predicted molar refractivity (Wildman–Crippen MR) is 104 cm³/mol. The van der Waals surface area contributed by atoms with E-state index in [9.17, 15) is 22.4 Å². The van der Waals surface area contributed by atoms with Gasteiger partial charge in [-0.25, -0.2) is 13.8 Å². The lowest BCUT2D eigenvalue weighted by Gasteiger charge is -2.37. The summed E-state index contributed by atoms with van der Waals surface area (Å²) in [6.45, 7) is 1.70. The largest absolute Gasteiger partial charge is 0.347 e. The number of pyridine rings is 1. The fraction of sp³-hybridized carbons (Fsp3) is 0.250. The molecule has 1 aliphatic carbocycles. The van der Waals surface area contributed by atoms with Crippen LogP contribution in [0.2, 0.25) is 0 Å². The van der Waals surface area contributed by atoms with Crippen molar-refractivity contribution in [2.45, 2.75) is 31.7 Å². The van der Waals surface area contributed by atoms with Gasteiger partial charge in [0.25, 0.3) is 5.91 Å². The lowest BCUT2D eigenvalue weighted by atomic mass is 9.74. The van der Waals surface area contributed by atoms with Crippen molar-refractivity contribution in [3.05, 3.63) is 70.0 Å². The number of anilines is 2. The molecule has 2 atom stereocenters. The van der Waals surface area contributed by atoms with E-state index in [1.165, 1.54) is 12.1 Å². The number of hydrogen-bond acceptors (Lipinski definition) is 5. The Bertz CT molecular complexity index is 1100. The summed E-state index contributed by atoms with van der Waals surface area (Å²) in [5.41, 5.74) is 0.654. The monoisotopic (exact) mass is 436 g/mol. The van der Waals surface area contributed by atoms with Crippen molar-refractivity contribution >= 4 is 28.1 Å². The molecule has 2 heterocycles. The molecule has 0 aliphatic heterocycles. The summed E-state index contributed by atoms with van der Waals surface area (Å²) in [5.74, 6) is -3.91. The molecule has 2 N–H and O–H groups in total. The Morgan fingerprint density at radius 3 is 2.43 bits per heavy atom. The number of thiazole rings is 1. The van der Waals surface area contributed by atoms with Gasteiger partial charge in [-0.1, -0.05) is 6.07 Å². The number of nitrogens with zero attached hydrogens (tertiary/aromatic N) is 2. The minimum Gasteiger partial charge on any atom is -0.347 e. The standard InChI is InChI=1S/C20H16F4N4OS/c1-9-18(28-20(30-9)25-11-7-16(23)27-17(24)8-11)19(29)26-15-5-4-13(15)12-3-2-10(21)6-14(12)22/h2-3,6-8,13,15H,4-5H2,1H3,(H,26,29)(H,25,27,28). The lowest BCUT2D eigenvalue weighted by Crippen LogP contribution is -2.45. The van der Waals surface area contributed by atoms with Crippen LogP contribution in [0.4, 0.5) is 28.4 Å². The first kappa shape index (κ1) is 20.3. The molecule has 30 heavy (non-hydrogen) atoms. The number of nitrogens with one attached hydrogen (secondary N) is 2. The van der Waals surface area contributed by atoms with E-state index >= 15 is 0 Å². The SMILES string of the molecule is Cc1sc(Nc2cc(F)nc(F)c2)nc1C(=O)NC1CCC1c1ccc(F)cc1F. The Balaban J connectivity index is 1.46. The van der Waals surface area contributed by atoms with Gasteiger partial charge in [0.05, 0.1) is 0 Å². The Labute approximate surface area is 173 Å². The molecule has 2 aromatic heterocycles. The number of carbonyl (C=O) groups is 1. The summed E-state index contributed by atoms with van der Waals surface area (Å²) in [7, 11) is 0. The summed E-state index contributed by atoms with van der Waals surface area (Å²) >= 11 is 1.15. The quantitative estimate of drug-likeness (QED) is 0.445. The number of amides is 1. The van der Waals surface area contributed by atoms with Crippen LogP contribution in [0.25, 0.3) is 0 Å². The molecule has 5 nitrogen and oxygen atoms in total. The van der Waals surface area contributed by atoms with Crippen LogP contribution in [0, 0.1) is 30.5 Å². The lowest BCUT2D eigenvalue weighted by molar-refractivity contribution is 0.0898. The normalized spacial score (nSPS) is 18.0. The smallest absolute Gasteiger partial charge is 0.271 e. The van der Waals surface area contributed by atoms with Gasteiger partial charge in [0, 0.05) is 40.7 Å². The molecule has 3 aromatic rings. The van der Waals surface area contributed by atoms with Gasteiger partial charge < -0.3 is 10.6 Å². The first-order chi connectivity index (χ1) is 14.3. The van der Waals surface area contributed by atoms with Crippen LogP contribution < -0.4 is 10.6 Å². The zero-order valence-corrected chi connectivity index (χ0v) is 16.5. The van der Waals surface area contributed by atoms with Crippen molar-refractivity contribution in [2.24, 2.45) is 0 Å². The zero-order valence-electron chi connectivity index (χ0n) is 15.7. The highest BCUT2D eigenvalue weighted by Crippen LogP contribution is 2.38. The van der Waals surface area contributed by atoms with Crippen molar-refractivity contribution in [2.75, 3.05) is 5.32 Å². The van der Waals surface area contributed by atoms with Gasteiger partial charge in [0.1, 0.15) is 17.3 Å². The van der Waals surface area contributed by atoms with Crippen LogP contribution in [-0.4, -0.2) is 21.9 Å². The molecular weight excluding hydrogens is 420 g/mol. The van der Waals surface area contributed by atoms with Crippen molar-refractivity contribution in [3.63, 3.8) is 0 Å². The summed E-state index contributed by atoms with van der Waals surface area (Å²) in [6.07, 6.45) is 1.34. The summed E-state index contributed by atoms with van der Waals surface area (Å²) in [5, 5.41) is 5.89. The Hall–Kier alpha value is -3.01. The van der Waals surface area contributed by atoms with Crippen molar-refractivity contribution in [1.29, 1.82) is 0 Å². The average Bonchev–Trinajstić information content (AvgIpc) is 3.00. The first-order valence-corrected chi connectivity index (χ1v) is 9.95. The van der Waals surface area contributed by atoms with Gasteiger partial charge in [0.2, 0.25) is 11.9 Å². The van der Waals surface area contributed by atoms with Crippen LogP contribution in [0.5, 0.6) is 0 Å². The van der Waals surface area contributed by atoms with E-state index in [2.05, 4.69) is 20.6 Å². The molecule has 0 radical (unpaired) electrons. The van der Waals surface area contributed by atoms with E-state index in [1.54, 1.807) is 6.92 Å². The molecule has 1 aromatic carbocycles. The fourth-order valence-corrected chi connectivity index (χ4v) is 4.24. The van der Waals surface area contributed by atoms with E-state index in [-0.39, 0.29) is 28.5 Å². The number of rotatable bonds is 5. The van der Waals surface area contributed by atoms with E-state index in [4.69, 9.17) is 0 Å². The molecule has 1 fully saturated rings. The van der Waals surface area contributed by atoms with Crippen LogP contribution in [0.3, 0.4) is 0 Å². The van der Waals surface area contributed by atoms with Crippen molar-refractivity contribution < 1.29 is 22.4 Å². The second-order valence-electron chi connectivity index (χ2n) is 6.98. The molecule has 1 saturated carbocycles. The zero-order chi connectivity index (χ0) is 21.4. The van der Waals surface area contributed by atoms with Crippen LogP contribution in [0.1, 0.15) is 39.7 Å². The van der Waals surface area contributed by atoms with Gasteiger partial charge in [-0.3, -0.25) is 4.79 Å². The van der Waals surface area contributed by atoms with Gasteiger partial charge in [-0.15, -0.1) is 11.3 Å². The van der Waals surface area contributed by atoms with Crippen molar-refractivity contribution in [1.82, 2.24) is 15.3 Å². The highest BCUT2D eigenvalue weighted by molar-refractivity contribution is 7.15. The fourth-order valence-electron chi connectivity index (χ4n) is 3.41. The molecule has 0 saturated heterocycles. The molecule has 4 rings (SSSR count). The maximum absolute atomic E-state index is 14.1. The third-order valence-corrected chi connectivity index (χ3v) is 5.86. The van der Waals surface area contributed by atoms with Gasteiger partial charge in [0.15, 0.2) is 5.13 Å². The molecule has 0 spiro atoms. The molecule has 2 unspecified atom stereocenters. The topological polar surface area (TPSA) is 66.9 Å². The van der Waals surface area contributed by atoms with Gasteiger partial charge in [-0.05, 0) is 31.4 Å². The first-order valence-electron chi connectivity index (χ1n) is 9.13. The van der Waals surface area contributed by atoms with Crippen molar-refractivity contribution in [3.8, 4) is 0 Å². The maximum Gasteiger partial charge on any atom is 0.271 e. The third kappa shape index (κ3) is 4.13. The van der Waals surface area contributed by atoms with Crippen LogP contribution in [0.15, 0.2) is 30.3 Å². The molecule has 156 valence electrons. The maximum atomic E-state index is 14.1. The number of aromatic nitrogens is 2. The number of aryl methyl sites for hydroxylation is 1. The van der Waals surface area contributed by atoms with Gasteiger partial charge >= 0.3 is 0 Å². The van der Waals surface area contributed by atoms with E-state index < -0.39 is 29.4 Å². The predicted octanol–water partition coefficient (Wildman–Crippen LogP) is 4.82. The molecular formula is C20H16F4N4OS. The van der Waals surface area contributed by atoms with E-state index in [0.29, 0.717) is 23.3 Å². The second kappa shape index (κ2) is 8.02. The number of benzene rings is 1. The summed E-state index contributed by atoms with van der Waals surface area (Å²) in [6, 6.07) is 5.16. The Morgan fingerprint density at radius 1 is 1.07 bits per heavy atom. The number of halogens is 4. The van der Waals surface area contributed by atoms with Crippen LogP contribution >= 0.6 is 11.3 Å². The number of carbonyl (C=O) groups excluding carboxylic acids is 1. The Morgan fingerprint density at radius 2 is 1.80 bits per heavy atom. The summed E-state index contributed by atoms with van der Waals surface area (Å²) in [4.78, 5) is 20.5. The molecule has 10 heteroatoms. The molecule has 1 aliphatic rings. The van der Waals surface area contributed by atoms with Gasteiger partial charge in [-0.2, -0.15) is 13.8 Å². The molecule has 1 amide bonds. The third-order valence-electron chi connectivity index (χ3n) is 4.98. The minimum absolute atomic E-state index is 0.117.